The Hall–Kier alpha value is -2.04. The van der Waals surface area contributed by atoms with Crippen LogP contribution in [0.3, 0.4) is 0 Å². The lowest BCUT2D eigenvalue weighted by Crippen LogP contribution is -2.62. The van der Waals surface area contributed by atoms with Crippen molar-refractivity contribution < 1.29 is 9.57 Å². The Bertz CT molecular complexity index is 941. The normalized spacial score (nSPS) is 36.6. The summed E-state index contributed by atoms with van der Waals surface area (Å²) < 4.78 is 5.35. The van der Waals surface area contributed by atoms with Crippen LogP contribution in [-0.2, 0) is 10.4 Å². The lowest BCUT2D eigenvalue weighted by atomic mass is 9.43. The quantitative estimate of drug-likeness (QED) is 0.702. The topological polar surface area (TPSA) is 24.9 Å². The largest absolute Gasteiger partial charge is 0.497 e. The molecule has 30 heavy (non-hydrogen) atoms. The van der Waals surface area contributed by atoms with E-state index in [-0.39, 0.29) is 11.1 Å². The molecule has 2 bridgehead atoms. The first-order chi connectivity index (χ1) is 14.5. The van der Waals surface area contributed by atoms with E-state index < -0.39 is 0 Å². The number of hydroxylamine groups is 2. The van der Waals surface area contributed by atoms with Crippen LogP contribution >= 0.6 is 0 Å². The van der Waals surface area contributed by atoms with Crippen LogP contribution in [0.25, 0.3) is 0 Å². The number of nitrogens with zero attached hydrogens (tertiary/aromatic N) is 2. The molecule has 2 aliphatic heterocycles. The van der Waals surface area contributed by atoms with Crippen LogP contribution in [0.4, 0.5) is 5.69 Å². The molecule has 3 saturated carbocycles. The van der Waals surface area contributed by atoms with Gasteiger partial charge >= 0.3 is 0 Å². The van der Waals surface area contributed by atoms with Crippen molar-refractivity contribution in [1.82, 2.24) is 5.06 Å². The van der Waals surface area contributed by atoms with Crippen molar-refractivity contribution >= 4 is 5.69 Å². The molecule has 2 heterocycles. The molecule has 158 valence electrons. The Balaban J connectivity index is 1.36. The van der Waals surface area contributed by atoms with E-state index >= 15 is 0 Å². The Morgan fingerprint density at radius 2 is 1.80 bits per heavy atom. The van der Waals surface area contributed by atoms with Crippen molar-refractivity contribution in [1.29, 1.82) is 0 Å². The molecule has 2 aromatic rings. The minimum atomic E-state index is -0.0836. The number of rotatable bonds is 3. The highest BCUT2D eigenvalue weighted by atomic mass is 16.7. The van der Waals surface area contributed by atoms with Crippen molar-refractivity contribution in [3.8, 4) is 5.75 Å². The predicted octanol–water partition coefficient (Wildman–Crippen LogP) is 5.20. The third kappa shape index (κ3) is 2.41. The molecule has 0 amide bonds. The van der Waals surface area contributed by atoms with Gasteiger partial charge in [-0.2, -0.15) is 5.06 Å². The number of ether oxygens (including phenoxy) is 1. The van der Waals surface area contributed by atoms with Gasteiger partial charge in [0.2, 0.25) is 0 Å². The number of methoxy groups -OCH3 is 1. The number of anilines is 1. The van der Waals surface area contributed by atoms with Gasteiger partial charge in [0.1, 0.15) is 5.75 Å². The monoisotopic (exact) mass is 404 g/mol. The Morgan fingerprint density at radius 3 is 2.47 bits per heavy atom. The van der Waals surface area contributed by atoms with Crippen molar-refractivity contribution in [2.24, 2.45) is 17.3 Å². The van der Waals surface area contributed by atoms with Gasteiger partial charge in [0.25, 0.3) is 0 Å². The molecule has 0 N–H and O–H groups in total. The van der Waals surface area contributed by atoms with E-state index in [4.69, 9.17) is 9.57 Å². The van der Waals surface area contributed by atoms with E-state index in [1.54, 1.807) is 7.11 Å². The maximum absolute atomic E-state index is 7.02. The molecule has 4 atom stereocenters. The predicted molar refractivity (Wildman–Crippen MR) is 118 cm³/mol. The summed E-state index contributed by atoms with van der Waals surface area (Å²) in [7, 11) is 1.72. The highest BCUT2D eigenvalue weighted by Gasteiger charge is 2.69. The number of fused-ring (bicyclic) bond motifs is 2. The zero-order valence-corrected chi connectivity index (χ0v) is 18.3. The Labute approximate surface area is 179 Å². The molecule has 4 heteroatoms. The van der Waals surface area contributed by atoms with Crippen LogP contribution in [0.15, 0.2) is 54.6 Å². The average Bonchev–Trinajstić information content (AvgIpc) is 3.26. The Morgan fingerprint density at radius 1 is 1.03 bits per heavy atom. The summed E-state index contributed by atoms with van der Waals surface area (Å²) in [5.41, 5.74) is 2.94. The van der Waals surface area contributed by atoms with Crippen LogP contribution in [0.5, 0.6) is 5.75 Å². The molecule has 5 fully saturated rings. The van der Waals surface area contributed by atoms with Crippen molar-refractivity contribution in [2.75, 3.05) is 25.2 Å². The number of hydrogen-bond donors (Lipinski definition) is 0. The molecule has 5 aliphatic rings. The summed E-state index contributed by atoms with van der Waals surface area (Å²) in [6.45, 7) is 6.71. The second-order valence-electron chi connectivity index (χ2n) is 10.5. The lowest BCUT2D eigenvalue weighted by molar-refractivity contribution is -0.285. The van der Waals surface area contributed by atoms with Gasteiger partial charge < -0.3 is 9.64 Å². The van der Waals surface area contributed by atoms with Gasteiger partial charge in [-0.3, -0.25) is 4.84 Å². The summed E-state index contributed by atoms with van der Waals surface area (Å²) >= 11 is 0. The molecule has 4 nitrogen and oxygen atoms in total. The van der Waals surface area contributed by atoms with Gasteiger partial charge in [-0.15, -0.1) is 0 Å². The lowest BCUT2D eigenvalue weighted by Gasteiger charge is -2.63. The zero-order valence-electron chi connectivity index (χ0n) is 18.3. The van der Waals surface area contributed by atoms with E-state index in [9.17, 15) is 0 Å². The second kappa shape index (κ2) is 6.24. The minimum Gasteiger partial charge on any atom is -0.497 e. The van der Waals surface area contributed by atoms with Crippen LogP contribution in [0.2, 0.25) is 0 Å². The van der Waals surface area contributed by atoms with Gasteiger partial charge in [0.15, 0.2) is 0 Å². The molecule has 2 aromatic carbocycles. The SMILES string of the molecule is COc1ccc(N2CN3O[C@]4(CC[C@H]5C[C@@H]4C5(C)C)C[C@@]3(c3ccccc3)C2)cc1. The van der Waals surface area contributed by atoms with Crippen LogP contribution in [0, 0.1) is 17.3 Å². The maximum atomic E-state index is 7.02. The molecule has 0 unspecified atom stereocenters. The number of hydrogen-bond acceptors (Lipinski definition) is 4. The third-order valence-electron chi connectivity index (χ3n) is 8.88. The average molecular weight is 405 g/mol. The van der Waals surface area contributed by atoms with Gasteiger partial charge in [-0.05, 0) is 66.3 Å². The van der Waals surface area contributed by atoms with Crippen molar-refractivity contribution in [2.45, 2.75) is 50.7 Å². The van der Waals surface area contributed by atoms with E-state index in [0.29, 0.717) is 11.3 Å². The smallest absolute Gasteiger partial charge is 0.119 e. The summed E-state index contributed by atoms with van der Waals surface area (Å²) in [6, 6.07) is 19.5. The van der Waals surface area contributed by atoms with E-state index in [1.807, 2.05) is 0 Å². The molecule has 7 rings (SSSR count). The summed E-state index contributed by atoms with van der Waals surface area (Å²) in [5.74, 6) is 2.45. The third-order valence-corrected chi connectivity index (χ3v) is 8.88. The van der Waals surface area contributed by atoms with E-state index in [1.165, 1.54) is 30.5 Å². The van der Waals surface area contributed by atoms with Gasteiger partial charge in [-0.25, -0.2) is 0 Å². The van der Waals surface area contributed by atoms with Gasteiger partial charge in [0.05, 0.1) is 24.9 Å². The van der Waals surface area contributed by atoms with Gasteiger partial charge in [0, 0.05) is 18.7 Å². The fraction of sp³-hybridized carbons (Fsp3) is 0.538. The van der Waals surface area contributed by atoms with Crippen LogP contribution < -0.4 is 9.64 Å². The minimum absolute atomic E-state index is 0.0000888. The molecular weight excluding hydrogens is 372 g/mol. The van der Waals surface area contributed by atoms with Gasteiger partial charge in [-0.1, -0.05) is 44.2 Å². The maximum Gasteiger partial charge on any atom is 0.119 e. The van der Waals surface area contributed by atoms with Crippen LogP contribution in [-0.4, -0.2) is 31.0 Å². The first kappa shape index (κ1) is 18.7. The fourth-order valence-electron chi connectivity index (χ4n) is 7.11. The number of benzene rings is 2. The van der Waals surface area contributed by atoms with Crippen molar-refractivity contribution in [3.63, 3.8) is 0 Å². The first-order valence-corrected chi connectivity index (χ1v) is 11.4. The van der Waals surface area contributed by atoms with E-state index in [2.05, 4.69) is 78.4 Å². The second-order valence-corrected chi connectivity index (χ2v) is 10.5. The van der Waals surface area contributed by atoms with E-state index in [0.717, 1.165) is 31.3 Å². The molecule has 0 radical (unpaired) electrons. The fourth-order valence-corrected chi connectivity index (χ4v) is 7.11. The highest BCUT2D eigenvalue weighted by Crippen LogP contribution is 2.68. The highest BCUT2D eigenvalue weighted by molar-refractivity contribution is 5.51. The summed E-state index contributed by atoms with van der Waals surface area (Å²) in [6.07, 6.45) is 4.95. The standard InChI is InChI=1S/C26H32N2O2/c1-24(2)20-13-14-26(23(24)15-20)16-25(19-7-5-4-6-8-19)17-27(18-28(25)30-26)21-9-11-22(29-3)12-10-21/h4-12,20,23H,13-18H2,1-3H3/t20-,23+,25-,26+/m0/s1. The zero-order chi connectivity index (χ0) is 20.6. The molecular formula is C26H32N2O2. The molecule has 3 aliphatic carbocycles. The molecule has 1 spiro atoms. The summed E-state index contributed by atoms with van der Waals surface area (Å²) in [5, 5.41) is 2.33. The Kier molecular flexibility index (Phi) is 3.89. The summed E-state index contributed by atoms with van der Waals surface area (Å²) in [4.78, 5) is 9.48. The molecule has 0 aromatic heterocycles. The van der Waals surface area contributed by atoms with Crippen molar-refractivity contribution in [3.05, 3.63) is 60.2 Å². The first-order valence-electron chi connectivity index (χ1n) is 11.4. The van der Waals surface area contributed by atoms with Crippen LogP contribution in [0.1, 0.15) is 45.1 Å². The molecule has 2 saturated heterocycles.